The van der Waals surface area contributed by atoms with Gasteiger partial charge < -0.3 is 10.1 Å². The minimum Gasteiger partial charge on any atom is -0.496 e. The molecule has 3 rings (SSSR count). The van der Waals surface area contributed by atoms with Crippen LogP contribution in [0.4, 0.5) is 5.00 Å². The van der Waals surface area contributed by atoms with Gasteiger partial charge in [-0.25, -0.2) is 0 Å². The predicted molar refractivity (Wildman–Crippen MR) is 107 cm³/mol. The highest BCUT2D eigenvalue weighted by Crippen LogP contribution is 2.29. The van der Waals surface area contributed by atoms with Gasteiger partial charge in [-0.15, -0.1) is 11.3 Å². The Bertz CT molecular complexity index is 807. The zero-order valence-electron chi connectivity index (χ0n) is 15.1. The Morgan fingerprint density at radius 2 is 2.16 bits per heavy atom. The first-order valence-electron chi connectivity index (χ1n) is 7.98. The van der Waals surface area contributed by atoms with Gasteiger partial charge in [0.2, 0.25) is 0 Å². The number of thiophene rings is 1. The maximum Gasteiger partial charge on any atom is 0.131 e. The standard InChI is InChI=1S/C15H16N4OS.C4H8/c1-10(18-15-5-13(20-3)9-21-15)14-4-11(6-16-14)12-7-17-19(2)8-12;1-3-4-2/h5-9,18H,1,4H2,2-3H3;3-4H,1-2H3/b;4-3-. The molecule has 0 aromatic carbocycles. The predicted octanol–water partition coefficient (Wildman–Crippen LogP) is 4.88. The average molecular weight is 356 g/mol. The smallest absolute Gasteiger partial charge is 0.131 e. The van der Waals surface area contributed by atoms with Gasteiger partial charge in [0.25, 0.3) is 0 Å². The minimum atomic E-state index is 0.764. The molecule has 6 heteroatoms. The molecule has 0 saturated heterocycles. The highest BCUT2D eigenvalue weighted by molar-refractivity contribution is 7.14. The summed E-state index contributed by atoms with van der Waals surface area (Å²) in [6.45, 7) is 8.07. The number of ether oxygens (including phenoxy) is 1. The lowest BCUT2D eigenvalue weighted by Gasteiger charge is -2.07. The van der Waals surface area contributed by atoms with Crippen molar-refractivity contribution < 1.29 is 4.74 Å². The molecule has 0 atom stereocenters. The molecule has 1 aliphatic rings. The van der Waals surface area contributed by atoms with Crippen LogP contribution in [0, 0.1) is 0 Å². The molecule has 0 bridgehead atoms. The van der Waals surface area contributed by atoms with E-state index in [1.54, 1.807) is 23.1 Å². The first kappa shape index (κ1) is 18.7. The number of aromatic nitrogens is 2. The van der Waals surface area contributed by atoms with Crippen molar-refractivity contribution in [1.82, 2.24) is 9.78 Å². The summed E-state index contributed by atoms with van der Waals surface area (Å²) < 4.78 is 6.96. The first-order chi connectivity index (χ1) is 12.1. The van der Waals surface area contributed by atoms with Crippen molar-refractivity contribution in [1.29, 1.82) is 0 Å². The number of allylic oxidation sites excluding steroid dienone is 4. The maximum absolute atomic E-state index is 5.17. The monoisotopic (exact) mass is 356 g/mol. The SMILES string of the molecule is C/C=C\C.C=C(Nc1cc(OC)cs1)C1=NC=C(c2cnn(C)c2)C1. The lowest BCUT2D eigenvalue weighted by Crippen LogP contribution is -2.07. The number of hydrogen-bond acceptors (Lipinski definition) is 5. The fraction of sp³-hybridized carbons (Fsp3) is 0.263. The number of methoxy groups -OCH3 is 1. The van der Waals surface area contributed by atoms with Gasteiger partial charge in [0.15, 0.2) is 0 Å². The van der Waals surface area contributed by atoms with Crippen LogP contribution in [0.1, 0.15) is 25.8 Å². The quantitative estimate of drug-likeness (QED) is 0.777. The molecule has 0 saturated carbocycles. The fourth-order valence-electron chi connectivity index (χ4n) is 2.09. The minimum absolute atomic E-state index is 0.764. The van der Waals surface area contributed by atoms with Crippen LogP contribution in [-0.4, -0.2) is 22.6 Å². The molecule has 25 heavy (non-hydrogen) atoms. The van der Waals surface area contributed by atoms with Crippen LogP contribution in [0.3, 0.4) is 0 Å². The van der Waals surface area contributed by atoms with E-state index in [0.29, 0.717) is 0 Å². The Kier molecular flexibility index (Phi) is 6.77. The summed E-state index contributed by atoms with van der Waals surface area (Å²) >= 11 is 1.58. The van der Waals surface area contributed by atoms with E-state index in [1.165, 1.54) is 0 Å². The van der Waals surface area contributed by atoms with Crippen molar-refractivity contribution >= 4 is 27.6 Å². The molecule has 1 aliphatic heterocycles. The zero-order valence-corrected chi connectivity index (χ0v) is 15.9. The summed E-state index contributed by atoms with van der Waals surface area (Å²) in [6, 6.07) is 1.95. The summed E-state index contributed by atoms with van der Waals surface area (Å²) in [5.74, 6) is 0.845. The van der Waals surface area contributed by atoms with Gasteiger partial charge in [-0.2, -0.15) is 5.10 Å². The third kappa shape index (κ3) is 5.19. The van der Waals surface area contributed by atoms with E-state index in [2.05, 4.69) is 22.0 Å². The molecule has 132 valence electrons. The number of aliphatic imine (C=N–C) groups is 1. The van der Waals surface area contributed by atoms with Crippen molar-refractivity contribution in [3.8, 4) is 5.75 Å². The zero-order chi connectivity index (χ0) is 18.2. The maximum atomic E-state index is 5.17. The first-order valence-corrected chi connectivity index (χ1v) is 8.86. The Morgan fingerprint density at radius 1 is 1.40 bits per heavy atom. The van der Waals surface area contributed by atoms with E-state index in [9.17, 15) is 0 Å². The molecule has 0 aliphatic carbocycles. The second-order valence-corrected chi connectivity index (χ2v) is 6.34. The fourth-order valence-corrected chi connectivity index (χ4v) is 2.86. The molecule has 0 radical (unpaired) electrons. The van der Waals surface area contributed by atoms with E-state index in [0.717, 1.165) is 39.7 Å². The van der Waals surface area contributed by atoms with E-state index in [-0.39, 0.29) is 0 Å². The molecular formula is C19H24N4OS. The highest BCUT2D eigenvalue weighted by Gasteiger charge is 2.16. The van der Waals surface area contributed by atoms with E-state index >= 15 is 0 Å². The van der Waals surface area contributed by atoms with Crippen molar-refractivity contribution in [3.63, 3.8) is 0 Å². The van der Waals surface area contributed by atoms with Crippen molar-refractivity contribution in [3.05, 3.63) is 60.0 Å². The molecule has 2 aromatic rings. The average Bonchev–Trinajstić information content (AvgIpc) is 3.34. The highest BCUT2D eigenvalue weighted by atomic mass is 32.1. The van der Waals surface area contributed by atoms with Gasteiger partial charge in [-0.3, -0.25) is 9.67 Å². The molecule has 2 aromatic heterocycles. The van der Waals surface area contributed by atoms with Crippen molar-refractivity contribution in [2.45, 2.75) is 20.3 Å². The third-order valence-electron chi connectivity index (χ3n) is 3.58. The van der Waals surface area contributed by atoms with Crippen LogP contribution in [-0.2, 0) is 7.05 Å². The van der Waals surface area contributed by atoms with Crippen LogP contribution in [0.5, 0.6) is 5.75 Å². The summed E-state index contributed by atoms with van der Waals surface area (Å²) in [4.78, 5) is 4.45. The normalized spacial score (nSPS) is 13.1. The van der Waals surface area contributed by atoms with E-state index < -0.39 is 0 Å². The van der Waals surface area contributed by atoms with Gasteiger partial charge in [0.05, 0.1) is 29.7 Å². The Hall–Kier alpha value is -2.60. The lowest BCUT2D eigenvalue weighted by atomic mass is 10.1. The molecule has 3 heterocycles. The number of rotatable bonds is 5. The third-order valence-corrected chi connectivity index (χ3v) is 4.40. The molecule has 0 unspecified atom stereocenters. The van der Waals surface area contributed by atoms with E-state index in [1.807, 2.05) is 63.1 Å². The molecule has 0 amide bonds. The Morgan fingerprint density at radius 3 is 2.72 bits per heavy atom. The Balaban J connectivity index is 0.000000511. The number of aryl methyl sites for hydroxylation is 1. The largest absolute Gasteiger partial charge is 0.496 e. The summed E-state index contributed by atoms with van der Waals surface area (Å²) in [7, 11) is 3.57. The van der Waals surface area contributed by atoms with Crippen LogP contribution in [0.2, 0.25) is 0 Å². The Labute approximate surface area is 153 Å². The van der Waals surface area contributed by atoms with Crippen LogP contribution >= 0.6 is 11.3 Å². The summed E-state index contributed by atoms with van der Waals surface area (Å²) in [5, 5.41) is 10.4. The van der Waals surface area contributed by atoms with Crippen LogP contribution in [0.15, 0.2) is 59.5 Å². The number of nitrogens with one attached hydrogen (secondary N) is 1. The van der Waals surface area contributed by atoms with Gasteiger partial charge in [-0.1, -0.05) is 18.7 Å². The van der Waals surface area contributed by atoms with Gasteiger partial charge in [-0.05, 0) is 19.4 Å². The second kappa shape index (κ2) is 9.03. The summed E-state index contributed by atoms with van der Waals surface area (Å²) in [6.07, 6.45) is 10.5. The molecule has 0 spiro atoms. The summed E-state index contributed by atoms with van der Waals surface area (Å²) in [5.41, 5.74) is 4.02. The molecule has 1 N–H and O–H groups in total. The van der Waals surface area contributed by atoms with Gasteiger partial charge in [0, 0.05) is 42.9 Å². The molecule has 0 fully saturated rings. The lowest BCUT2D eigenvalue weighted by molar-refractivity contribution is 0.417. The van der Waals surface area contributed by atoms with Crippen LogP contribution < -0.4 is 10.1 Å². The molecule has 5 nitrogen and oxygen atoms in total. The number of nitrogens with zero attached hydrogens (tertiary/aromatic N) is 3. The topological polar surface area (TPSA) is 51.4 Å². The van der Waals surface area contributed by atoms with Crippen molar-refractivity contribution in [2.75, 3.05) is 12.4 Å². The van der Waals surface area contributed by atoms with E-state index in [4.69, 9.17) is 4.74 Å². The molecular weight excluding hydrogens is 332 g/mol. The van der Waals surface area contributed by atoms with Gasteiger partial charge >= 0.3 is 0 Å². The van der Waals surface area contributed by atoms with Crippen LogP contribution in [0.25, 0.3) is 5.57 Å². The number of hydrogen-bond donors (Lipinski definition) is 1. The van der Waals surface area contributed by atoms with Crippen molar-refractivity contribution in [2.24, 2.45) is 12.0 Å². The van der Waals surface area contributed by atoms with Gasteiger partial charge in [0.1, 0.15) is 5.75 Å². The number of anilines is 1. The second-order valence-electron chi connectivity index (χ2n) is 5.43.